The molecule has 144 valence electrons. The summed E-state index contributed by atoms with van der Waals surface area (Å²) in [5, 5.41) is 0. The molecule has 1 unspecified atom stereocenters. The zero-order valence-electron chi connectivity index (χ0n) is 15.7. The molecular weight excluding hydrogens is 348 g/mol. The van der Waals surface area contributed by atoms with Crippen molar-refractivity contribution in [1.82, 2.24) is 14.9 Å². The van der Waals surface area contributed by atoms with Gasteiger partial charge in [-0.3, -0.25) is 9.59 Å². The number of nitrogens with zero attached hydrogens (tertiary/aromatic N) is 2. The number of methoxy groups -OCH3 is 2. The van der Waals surface area contributed by atoms with Crippen molar-refractivity contribution >= 4 is 5.91 Å². The molecule has 0 spiro atoms. The number of amides is 1. The summed E-state index contributed by atoms with van der Waals surface area (Å²) in [6, 6.07) is 4.92. The highest BCUT2D eigenvalue weighted by Crippen LogP contribution is 2.30. The van der Waals surface area contributed by atoms with E-state index in [0.717, 1.165) is 5.56 Å². The highest BCUT2D eigenvalue weighted by atomic mass is 16.5. The van der Waals surface area contributed by atoms with E-state index in [2.05, 4.69) is 9.97 Å². The number of aromatic amines is 1. The van der Waals surface area contributed by atoms with Crippen LogP contribution < -0.4 is 20.8 Å². The van der Waals surface area contributed by atoms with Crippen molar-refractivity contribution in [3.05, 3.63) is 51.2 Å². The number of nitrogens with one attached hydrogen (secondary N) is 1. The van der Waals surface area contributed by atoms with Gasteiger partial charge in [-0.1, -0.05) is 6.07 Å². The first-order chi connectivity index (χ1) is 12.9. The Hall–Kier alpha value is -2.87. The molecule has 3 N–H and O–H groups in total. The number of aromatic nitrogens is 2. The lowest BCUT2D eigenvalue weighted by Gasteiger charge is -2.28. The number of benzene rings is 1. The Kier molecular flexibility index (Phi) is 5.46. The number of carbonyl (C=O) groups excluding carboxylic acids is 1. The lowest BCUT2D eigenvalue weighted by molar-refractivity contribution is -0.132. The summed E-state index contributed by atoms with van der Waals surface area (Å²) in [4.78, 5) is 33.5. The predicted molar refractivity (Wildman–Crippen MR) is 99.8 cm³/mol. The van der Waals surface area contributed by atoms with Gasteiger partial charge in [0, 0.05) is 24.6 Å². The van der Waals surface area contributed by atoms with Gasteiger partial charge in [-0.2, -0.15) is 0 Å². The van der Waals surface area contributed by atoms with E-state index < -0.39 is 6.04 Å². The van der Waals surface area contributed by atoms with Gasteiger partial charge >= 0.3 is 0 Å². The van der Waals surface area contributed by atoms with Crippen molar-refractivity contribution in [2.75, 3.05) is 20.8 Å². The molecule has 0 saturated heterocycles. The van der Waals surface area contributed by atoms with Gasteiger partial charge in [-0.05, 0) is 31.0 Å². The second kappa shape index (κ2) is 7.79. The summed E-state index contributed by atoms with van der Waals surface area (Å²) in [6.07, 6.45) is 0.655. The van der Waals surface area contributed by atoms with Gasteiger partial charge < -0.3 is 25.1 Å². The summed E-state index contributed by atoms with van der Waals surface area (Å²) in [5.74, 6) is 1.67. The molecule has 1 aromatic carbocycles. The number of rotatable bonds is 5. The second-order valence-electron chi connectivity index (χ2n) is 6.57. The van der Waals surface area contributed by atoms with Crippen LogP contribution in [0.2, 0.25) is 0 Å². The monoisotopic (exact) mass is 372 g/mol. The predicted octanol–water partition coefficient (Wildman–Crippen LogP) is 1.07. The van der Waals surface area contributed by atoms with Crippen molar-refractivity contribution in [3.8, 4) is 11.5 Å². The molecule has 1 aliphatic heterocycles. The minimum Gasteiger partial charge on any atom is -0.493 e. The maximum Gasteiger partial charge on any atom is 0.254 e. The fourth-order valence-electron chi connectivity index (χ4n) is 3.30. The number of nitrogens with two attached hydrogens (primary N) is 1. The maximum atomic E-state index is 12.7. The number of carbonyl (C=O) groups is 1. The Morgan fingerprint density at radius 2 is 2.07 bits per heavy atom. The molecule has 8 heteroatoms. The molecule has 3 rings (SSSR count). The topological polar surface area (TPSA) is 111 Å². The summed E-state index contributed by atoms with van der Waals surface area (Å²) < 4.78 is 10.5. The number of aryl methyl sites for hydroxylation is 1. The van der Waals surface area contributed by atoms with E-state index >= 15 is 0 Å². The van der Waals surface area contributed by atoms with E-state index in [-0.39, 0.29) is 17.9 Å². The third kappa shape index (κ3) is 3.95. The van der Waals surface area contributed by atoms with Crippen molar-refractivity contribution in [1.29, 1.82) is 0 Å². The second-order valence-corrected chi connectivity index (χ2v) is 6.57. The fourth-order valence-corrected chi connectivity index (χ4v) is 3.30. The Morgan fingerprint density at radius 3 is 2.78 bits per heavy atom. The van der Waals surface area contributed by atoms with Crippen LogP contribution in [-0.2, 0) is 17.8 Å². The normalized spacial score (nSPS) is 14.4. The molecule has 0 saturated carbocycles. The number of H-pyrrole nitrogens is 1. The Bertz CT molecular complexity index is 909. The number of ether oxygens (including phenoxy) is 2. The van der Waals surface area contributed by atoms with Crippen LogP contribution in [0.1, 0.15) is 35.1 Å². The maximum absolute atomic E-state index is 12.7. The smallest absolute Gasteiger partial charge is 0.254 e. The molecule has 1 amide bonds. The number of hydrogen-bond acceptors (Lipinski definition) is 6. The Morgan fingerprint density at radius 1 is 1.33 bits per heavy atom. The average molecular weight is 372 g/mol. The van der Waals surface area contributed by atoms with Crippen LogP contribution in [-0.4, -0.2) is 41.5 Å². The molecule has 1 aliphatic rings. The number of hydrogen-bond donors (Lipinski definition) is 2. The Labute approximate surface area is 157 Å². The van der Waals surface area contributed by atoms with Crippen LogP contribution in [0.4, 0.5) is 0 Å². The van der Waals surface area contributed by atoms with Crippen molar-refractivity contribution in [2.24, 2.45) is 5.73 Å². The lowest BCUT2D eigenvalue weighted by Crippen LogP contribution is -2.40. The molecule has 0 radical (unpaired) electrons. The molecule has 8 nitrogen and oxygen atoms in total. The zero-order chi connectivity index (χ0) is 19.6. The van der Waals surface area contributed by atoms with E-state index in [0.29, 0.717) is 48.1 Å². The van der Waals surface area contributed by atoms with Gasteiger partial charge in [0.1, 0.15) is 5.82 Å². The fraction of sp³-hybridized carbons (Fsp3) is 0.421. The van der Waals surface area contributed by atoms with Crippen LogP contribution in [0, 0.1) is 6.92 Å². The van der Waals surface area contributed by atoms with Gasteiger partial charge in [0.15, 0.2) is 11.5 Å². The van der Waals surface area contributed by atoms with E-state index in [1.54, 1.807) is 38.2 Å². The lowest BCUT2D eigenvalue weighted by atomic mass is 10.0. The van der Waals surface area contributed by atoms with Crippen molar-refractivity contribution in [2.45, 2.75) is 32.4 Å². The van der Waals surface area contributed by atoms with Crippen molar-refractivity contribution < 1.29 is 14.3 Å². The van der Waals surface area contributed by atoms with Gasteiger partial charge in [0.2, 0.25) is 5.91 Å². The molecule has 2 heterocycles. The first kappa shape index (κ1) is 18.9. The van der Waals surface area contributed by atoms with E-state index in [1.807, 2.05) is 6.07 Å². The van der Waals surface area contributed by atoms with Crippen LogP contribution in [0.3, 0.4) is 0 Å². The summed E-state index contributed by atoms with van der Waals surface area (Å²) in [6.45, 7) is 2.55. The first-order valence-electron chi connectivity index (χ1n) is 8.77. The van der Waals surface area contributed by atoms with Crippen LogP contribution in [0.5, 0.6) is 11.5 Å². The third-order valence-electron chi connectivity index (χ3n) is 4.77. The minimum atomic E-state index is -0.465. The van der Waals surface area contributed by atoms with Crippen molar-refractivity contribution in [3.63, 3.8) is 0 Å². The van der Waals surface area contributed by atoms with Gasteiger partial charge in [-0.15, -0.1) is 0 Å². The van der Waals surface area contributed by atoms with Gasteiger partial charge in [-0.25, -0.2) is 4.98 Å². The number of fused-ring (bicyclic) bond motifs is 1. The summed E-state index contributed by atoms with van der Waals surface area (Å²) in [7, 11) is 3.12. The van der Waals surface area contributed by atoms with Crippen LogP contribution in [0.15, 0.2) is 23.0 Å². The van der Waals surface area contributed by atoms with Gasteiger partial charge in [0.05, 0.1) is 26.5 Å². The average Bonchev–Trinajstić information content (AvgIpc) is 2.66. The van der Waals surface area contributed by atoms with Crippen LogP contribution in [0.25, 0.3) is 0 Å². The molecule has 2 aromatic rings. The first-order valence-corrected chi connectivity index (χ1v) is 8.77. The summed E-state index contributed by atoms with van der Waals surface area (Å²) in [5.41, 5.74) is 8.25. The molecule has 0 fully saturated rings. The quantitative estimate of drug-likeness (QED) is 0.812. The van der Waals surface area contributed by atoms with E-state index in [9.17, 15) is 9.59 Å². The molecule has 1 atom stereocenters. The van der Waals surface area contributed by atoms with E-state index in [4.69, 9.17) is 15.2 Å². The standard InChI is InChI=1S/C19H24N4O4/c1-11-21-15-10-23(7-6-13(15)19(25)22-11)18(24)9-14(20)12-4-5-16(26-2)17(8-12)27-3/h4-5,8,14H,6-7,9-10,20H2,1-3H3,(H,21,22,25). The third-order valence-corrected chi connectivity index (χ3v) is 4.77. The van der Waals surface area contributed by atoms with Gasteiger partial charge in [0.25, 0.3) is 5.56 Å². The highest BCUT2D eigenvalue weighted by molar-refractivity contribution is 5.77. The largest absolute Gasteiger partial charge is 0.493 e. The Balaban J connectivity index is 1.71. The van der Waals surface area contributed by atoms with Crippen LogP contribution >= 0.6 is 0 Å². The highest BCUT2D eigenvalue weighted by Gasteiger charge is 2.25. The van der Waals surface area contributed by atoms with E-state index in [1.165, 1.54) is 0 Å². The minimum absolute atomic E-state index is 0.0670. The molecular formula is C19H24N4O4. The summed E-state index contributed by atoms with van der Waals surface area (Å²) >= 11 is 0. The SMILES string of the molecule is COc1ccc(C(N)CC(=O)N2CCc3c(nc(C)[nH]c3=O)C2)cc1OC. The molecule has 0 bridgehead atoms. The molecule has 27 heavy (non-hydrogen) atoms. The molecule has 0 aliphatic carbocycles. The zero-order valence-corrected chi connectivity index (χ0v) is 15.7. The molecule has 1 aromatic heterocycles.